The molecule has 0 aromatic heterocycles. The van der Waals surface area contributed by atoms with Gasteiger partial charge in [-0.05, 0) is 48.5 Å². The molecule has 0 saturated carbocycles. The average molecular weight is 339 g/mol. The Bertz CT molecular complexity index is 671. The number of benzene rings is 2. The van der Waals surface area contributed by atoms with Crippen LogP contribution in [0.5, 0.6) is 0 Å². The number of hydrogen-bond acceptors (Lipinski definition) is 3. The van der Waals surface area contributed by atoms with Crippen molar-refractivity contribution < 1.29 is 19.1 Å². The van der Waals surface area contributed by atoms with E-state index in [1.807, 2.05) is 0 Å². The van der Waals surface area contributed by atoms with Crippen molar-refractivity contribution in [1.29, 1.82) is 0 Å². The number of carboxylic acid groups (broad SMARTS) is 1. The molecule has 0 amide bonds. The first-order valence-electron chi connectivity index (χ1n) is 6.39. The molecule has 0 unspecified atom stereocenters. The number of Topliss-reactive ketones (excluding diaryl/α,β-unsaturated/α-hetero) is 1. The van der Waals surface area contributed by atoms with Crippen LogP contribution in [0, 0.1) is 5.82 Å². The van der Waals surface area contributed by atoms with Crippen molar-refractivity contribution in [3.05, 3.63) is 64.9 Å². The van der Waals surface area contributed by atoms with Crippen molar-refractivity contribution in [2.45, 2.75) is 16.6 Å². The van der Waals surface area contributed by atoms with Gasteiger partial charge in [-0.2, -0.15) is 0 Å². The van der Waals surface area contributed by atoms with E-state index in [1.165, 1.54) is 24.3 Å². The summed E-state index contributed by atoms with van der Waals surface area (Å²) in [5.41, 5.74) is 0.296. The van der Waals surface area contributed by atoms with E-state index in [4.69, 9.17) is 11.6 Å². The zero-order chi connectivity index (χ0) is 16.1. The lowest BCUT2D eigenvalue weighted by molar-refractivity contribution is -0.136. The highest BCUT2D eigenvalue weighted by molar-refractivity contribution is 8.00. The summed E-state index contributed by atoms with van der Waals surface area (Å²) in [5.74, 6) is -1.86. The lowest BCUT2D eigenvalue weighted by atomic mass is 10.1. The Morgan fingerprint density at radius 3 is 2.23 bits per heavy atom. The zero-order valence-corrected chi connectivity index (χ0v) is 12.9. The Hall–Kier alpha value is -1.85. The molecule has 1 N–H and O–H groups in total. The molecular formula is C16H12ClFO3S. The van der Waals surface area contributed by atoms with Crippen LogP contribution in [-0.4, -0.2) is 22.1 Å². The number of carbonyl (C=O) groups is 2. The molecule has 0 aliphatic carbocycles. The van der Waals surface area contributed by atoms with Crippen LogP contribution >= 0.6 is 23.4 Å². The van der Waals surface area contributed by atoms with Crippen molar-refractivity contribution in [3.8, 4) is 0 Å². The Morgan fingerprint density at radius 1 is 1.09 bits per heavy atom. The predicted molar refractivity (Wildman–Crippen MR) is 84.1 cm³/mol. The van der Waals surface area contributed by atoms with Crippen molar-refractivity contribution in [2.75, 3.05) is 0 Å². The summed E-state index contributed by atoms with van der Waals surface area (Å²) in [5, 5.41) is 8.91. The van der Waals surface area contributed by atoms with Crippen LogP contribution < -0.4 is 0 Å². The van der Waals surface area contributed by atoms with E-state index in [1.54, 1.807) is 24.3 Å². The van der Waals surface area contributed by atoms with Crippen LogP contribution in [0.2, 0.25) is 5.02 Å². The van der Waals surface area contributed by atoms with E-state index in [9.17, 15) is 19.1 Å². The highest BCUT2D eigenvalue weighted by Crippen LogP contribution is 2.28. The van der Waals surface area contributed by atoms with Gasteiger partial charge in [0.05, 0.1) is 0 Å². The smallest absolute Gasteiger partial charge is 0.317 e. The van der Waals surface area contributed by atoms with Crippen LogP contribution in [0.15, 0.2) is 53.4 Å². The summed E-state index contributed by atoms with van der Waals surface area (Å²) in [6.45, 7) is 0. The number of aliphatic carboxylic acids is 1. The Morgan fingerprint density at radius 2 is 1.68 bits per heavy atom. The van der Waals surface area contributed by atoms with E-state index in [0.717, 1.165) is 11.8 Å². The molecular weight excluding hydrogens is 327 g/mol. The number of carboxylic acids is 1. The Labute approximate surface area is 136 Å². The minimum atomic E-state index is -1.07. The Kier molecular flexibility index (Phi) is 5.57. The van der Waals surface area contributed by atoms with Gasteiger partial charge in [-0.3, -0.25) is 9.59 Å². The van der Waals surface area contributed by atoms with Gasteiger partial charge in [0, 0.05) is 21.9 Å². The predicted octanol–water partition coefficient (Wildman–Crippen LogP) is 4.30. The summed E-state index contributed by atoms with van der Waals surface area (Å²) in [7, 11) is 0. The number of rotatable bonds is 6. The topological polar surface area (TPSA) is 54.4 Å². The van der Waals surface area contributed by atoms with Gasteiger partial charge >= 0.3 is 5.97 Å². The third kappa shape index (κ3) is 4.58. The maximum atomic E-state index is 12.8. The van der Waals surface area contributed by atoms with E-state index >= 15 is 0 Å². The molecule has 22 heavy (non-hydrogen) atoms. The average Bonchev–Trinajstić information content (AvgIpc) is 2.49. The fourth-order valence-corrected chi connectivity index (χ4v) is 2.86. The summed E-state index contributed by atoms with van der Waals surface area (Å²) in [4.78, 5) is 24.1. The summed E-state index contributed by atoms with van der Waals surface area (Å²) in [6.07, 6.45) is -0.172. The molecule has 6 heteroatoms. The lowest BCUT2D eigenvalue weighted by Crippen LogP contribution is -2.20. The van der Waals surface area contributed by atoms with Gasteiger partial charge in [-0.1, -0.05) is 11.6 Å². The maximum absolute atomic E-state index is 12.8. The standard InChI is InChI=1S/C16H12ClFO3S/c17-11-3-7-13(8-4-11)22-15(16(20)21)9-14(19)10-1-5-12(18)6-2-10/h1-8,15H,9H2,(H,20,21)/t15-/m0/s1. The van der Waals surface area contributed by atoms with Crippen LogP contribution in [0.4, 0.5) is 4.39 Å². The van der Waals surface area contributed by atoms with Crippen molar-refractivity contribution in [1.82, 2.24) is 0 Å². The van der Waals surface area contributed by atoms with Crippen LogP contribution in [0.1, 0.15) is 16.8 Å². The second-order valence-corrected chi connectivity index (χ2v) is 6.25. The number of ketones is 1. The molecule has 0 saturated heterocycles. The van der Waals surface area contributed by atoms with Gasteiger partial charge in [-0.25, -0.2) is 4.39 Å². The minimum absolute atomic E-state index is 0.172. The van der Waals surface area contributed by atoms with Crippen LogP contribution in [0.3, 0.4) is 0 Å². The number of carbonyl (C=O) groups excluding carboxylic acids is 1. The van der Waals surface area contributed by atoms with Crippen molar-refractivity contribution >= 4 is 35.1 Å². The van der Waals surface area contributed by atoms with E-state index in [2.05, 4.69) is 0 Å². The van der Waals surface area contributed by atoms with Gasteiger partial charge in [0.1, 0.15) is 11.1 Å². The molecule has 0 aliphatic heterocycles. The minimum Gasteiger partial charge on any atom is -0.480 e. The number of thioether (sulfide) groups is 1. The number of hydrogen-bond donors (Lipinski definition) is 1. The monoisotopic (exact) mass is 338 g/mol. The van der Waals surface area contributed by atoms with Crippen molar-refractivity contribution in [2.24, 2.45) is 0 Å². The maximum Gasteiger partial charge on any atom is 0.317 e. The van der Waals surface area contributed by atoms with Gasteiger partial charge in [0.25, 0.3) is 0 Å². The second-order valence-electron chi connectivity index (χ2n) is 4.53. The largest absolute Gasteiger partial charge is 0.480 e. The molecule has 3 nitrogen and oxygen atoms in total. The number of halogens is 2. The van der Waals surface area contributed by atoms with Gasteiger partial charge < -0.3 is 5.11 Å². The fourth-order valence-electron chi connectivity index (χ4n) is 1.78. The lowest BCUT2D eigenvalue weighted by Gasteiger charge is -2.11. The molecule has 2 aromatic carbocycles. The SMILES string of the molecule is O=C(C[C@H](Sc1ccc(Cl)cc1)C(=O)O)c1ccc(F)cc1. The van der Waals surface area contributed by atoms with E-state index in [-0.39, 0.29) is 12.2 Å². The summed E-state index contributed by atoms with van der Waals surface area (Å²) in [6, 6.07) is 11.8. The molecule has 0 bridgehead atoms. The van der Waals surface area contributed by atoms with Gasteiger partial charge in [-0.15, -0.1) is 11.8 Å². The molecule has 2 aromatic rings. The third-order valence-corrected chi connectivity index (χ3v) is 4.35. The van der Waals surface area contributed by atoms with Crippen LogP contribution in [0.25, 0.3) is 0 Å². The molecule has 0 aliphatic rings. The fraction of sp³-hybridized carbons (Fsp3) is 0.125. The Balaban J connectivity index is 2.08. The summed E-state index contributed by atoms with van der Waals surface area (Å²) < 4.78 is 12.8. The van der Waals surface area contributed by atoms with Gasteiger partial charge in [0.2, 0.25) is 0 Å². The normalized spacial score (nSPS) is 11.9. The molecule has 0 fully saturated rings. The zero-order valence-electron chi connectivity index (χ0n) is 11.3. The molecule has 2 rings (SSSR count). The first kappa shape index (κ1) is 16.5. The van der Waals surface area contributed by atoms with Crippen molar-refractivity contribution in [3.63, 3.8) is 0 Å². The van der Waals surface area contributed by atoms with E-state index < -0.39 is 17.0 Å². The third-order valence-electron chi connectivity index (χ3n) is 2.90. The molecule has 0 radical (unpaired) electrons. The summed E-state index contributed by atoms with van der Waals surface area (Å²) >= 11 is 6.86. The first-order chi connectivity index (χ1) is 10.5. The quantitative estimate of drug-likeness (QED) is 0.630. The molecule has 1 atom stereocenters. The molecule has 0 spiro atoms. The van der Waals surface area contributed by atoms with Gasteiger partial charge in [0.15, 0.2) is 5.78 Å². The highest BCUT2D eigenvalue weighted by atomic mass is 35.5. The second kappa shape index (κ2) is 7.42. The van der Waals surface area contributed by atoms with E-state index in [0.29, 0.717) is 15.5 Å². The highest BCUT2D eigenvalue weighted by Gasteiger charge is 2.23. The van der Waals surface area contributed by atoms with Crippen LogP contribution in [-0.2, 0) is 4.79 Å². The molecule has 0 heterocycles. The first-order valence-corrected chi connectivity index (χ1v) is 7.65. The molecule has 114 valence electrons.